The van der Waals surface area contributed by atoms with Crippen LogP contribution in [-0.4, -0.2) is 25.2 Å². The van der Waals surface area contributed by atoms with Crippen LogP contribution >= 0.6 is 0 Å². The number of benzene rings is 1. The van der Waals surface area contributed by atoms with Gasteiger partial charge in [0.25, 0.3) is 0 Å². The van der Waals surface area contributed by atoms with E-state index in [1.54, 1.807) is 12.3 Å². The predicted octanol–water partition coefficient (Wildman–Crippen LogP) is 4.01. The first-order valence-electron chi connectivity index (χ1n) is 11.0. The monoisotopic (exact) mass is 460 g/mol. The summed E-state index contributed by atoms with van der Waals surface area (Å²) in [6.45, 7) is 6.42. The van der Waals surface area contributed by atoms with Crippen molar-refractivity contribution < 1.29 is 14.4 Å². The van der Waals surface area contributed by atoms with Crippen LogP contribution in [0.15, 0.2) is 65.3 Å². The molecule has 3 heterocycles. The summed E-state index contributed by atoms with van der Waals surface area (Å²) in [5.74, 6) is 1.12. The van der Waals surface area contributed by atoms with Gasteiger partial charge in [0.15, 0.2) is 18.6 Å². The molecule has 0 amide bonds. The fraction of sp³-hybridized carbons (Fsp3) is 0.280. The second kappa shape index (κ2) is 10.9. The molecule has 4 rings (SSSR count). The summed E-state index contributed by atoms with van der Waals surface area (Å²) >= 11 is 0. The molecule has 2 atom stereocenters. The number of hydrogen-bond acceptors (Lipinski definition) is 9. The Labute approximate surface area is 198 Å². The Morgan fingerprint density at radius 2 is 1.85 bits per heavy atom. The van der Waals surface area contributed by atoms with Crippen molar-refractivity contribution in [1.29, 1.82) is 0 Å². The zero-order valence-corrected chi connectivity index (χ0v) is 19.4. The van der Waals surface area contributed by atoms with E-state index in [0.29, 0.717) is 23.8 Å². The Hall–Kier alpha value is -3.82. The minimum Gasteiger partial charge on any atom is -0.455 e. The lowest BCUT2D eigenvalue weighted by Crippen LogP contribution is -2.20. The van der Waals surface area contributed by atoms with E-state index in [9.17, 15) is 5.11 Å². The minimum atomic E-state index is -0.975. The number of nitrogens with zero attached hydrogens (tertiary/aromatic N) is 4. The highest BCUT2D eigenvalue weighted by Gasteiger charge is 2.15. The number of aromatic nitrogens is 4. The number of nitrogens with one attached hydrogen (secondary N) is 2. The lowest BCUT2D eigenvalue weighted by atomic mass is 10.1. The standard InChI is InChI=1S/C25H28N6O3/c1-16-11-19(9-10-26-16)14-27-24(32)22-13-21(34-31-22)15-33-25-28-17(2)12-23(30-25)29-18(3)20-7-5-4-6-8-20/h4-13,18,24,27,32H,14-15H2,1-3H3,(H,28,29,30)/t18-,24?/m1/s1. The lowest BCUT2D eigenvalue weighted by molar-refractivity contribution is 0.127. The van der Waals surface area contributed by atoms with Gasteiger partial charge in [-0.2, -0.15) is 4.98 Å². The maximum atomic E-state index is 10.4. The topological polar surface area (TPSA) is 118 Å². The Morgan fingerprint density at radius 1 is 1.03 bits per heavy atom. The zero-order chi connectivity index (χ0) is 23.9. The first-order chi connectivity index (χ1) is 16.5. The molecule has 9 heteroatoms. The molecule has 3 N–H and O–H groups in total. The zero-order valence-electron chi connectivity index (χ0n) is 19.4. The molecule has 0 fully saturated rings. The molecule has 0 spiro atoms. The first kappa shape index (κ1) is 23.3. The van der Waals surface area contributed by atoms with E-state index in [2.05, 4.69) is 49.8 Å². The van der Waals surface area contributed by atoms with Crippen LogP contribution in [0.4, 0.5) is 5.82 Å². The van der Waals surface area contributed by atoms with Crippen molar-refractivity contribution in [2.24, 2.45) is 0 Å². The van der Waals surface area contributed by atoms with Crippen LogP contribution < -0.4 is 15.4 Å². The van der Waals surface area contributed by atoms with Crippen LogP contribution in [0.3, 0.4) is 0 Å². The van der Waals surface area contributed by atoms with Gasteiger partial charge in [-0.3, -0.25) is 10.3 Å². The Kier molecular flexibility index (Phi) is 7.46. The number of ether oxygens (including phenoxy) is 1. The average Bonchev–Trinajstić information content (AvgIpc) is 3.31. The van der Waals surface area contributed by atoms with E-state index in [0.717, 1.165) is 22.5 Å². The van der Waals surface area contributed by atoms with Gasteiger partial charge in [0.1, 0.15) is 11.5 Å². The molecule has 3 aromatic heterocycles. The third-order valence-electron chi connectivity index (χ3n) is 5.16. The number of aliphatic hydroxyl groups is 1. The smallest absolute Gasteiger partial charge is 0.319 e. The van der Waals surface area contributed by atoms with Crippen LogP contribution in [0, 0.1) is 13.8 Å². The van der Waals surface area contributed by atoms with Gasteiger partial charge in [0.2, 0.25) is 0 Å². The number of rotatable bonds is 10. The Bertz CT molecular complexity index is 1210. The SMILES string of the molecule is Cc1cc(CNC(O)c2cc(COc3nc(C)cc(N[C@H](C)c4ccccc4)n3)on2)ccn1. The van der Waals surface area contributed by atoms with Gasteiger partial charge >= 0.3 is 6.01 Å². The van der Waals surface area contributed by atoms with Crippen molar-refractivity contribution in [2.75, 3.05) is 5.32 Å². The molecule has 1 unspecified atom stereocenters. The summed E-state index contributed by atoms with van der Waals surface area (Å²) in [4.78, 5) is 13.0. The van der Waals surface area contributed by atoms with Crippen LogP contribution in [0.1, 0.15) is 53.2 Å². The van der Waals surface area contributed by atoms with Crippen LogP contribution in [0.25, 0.3) is 0 Å². The van der Waals surface area contributed by atoms with Crippen LogP contribution in [0.2, 0.25) is 0 Å². The van der Waals surface area contributed by atoms with Crippen LogP contribution in [-0.2, 0) is 13.2 Å². The third kappa shape index (κ3) is 6.37. The molecule has 4 aromatic rings. The van der Waals surface area contributed by atoms with E-state index >= 15 is 0 Å². The highest BCUT2D eigenvalue weighted by molar-refractivity contribution is 5.40. The van der Waals surface area contributed by atoms with Gasteiger partial charge < -0.3 is 19.7 Å². The summed E-state index contributed by atoms with van der Waals surface area (Å²) in [5.41, 5.74) is 4.23. The summed E-state index contributed by atoms with van der Waals surface area (Å²) in [7, 11) is 0. The first-order valence-corrected chi connectivity index (χ1v) is 11.0. The summed E-state index contributed by atoms with van der Waals surface area (Å²) in [6, 6.07) is 17.8. The van der Waals surface area contributed by atoms with Crippen molar-refractivity contribution in [3.63, 3.8) is 0 Å². The number of anilines is 1. The molecule has 0 aliphatic heterocycles. The molecular weight excluding hydrogens is 432 g/mol. The van der Waals surface area contributed by atoms with E-state index in [-0.39, 0.29) is 18.7 Å². The number of aryl methyl sites for hydroxylation is 2. The molecule has 9 nitrogen and oxygen atoms in total. The fourth-order valence-electron chi connectivity index (χ4n) is 3.42. The van der Waals surface area contributed by atoms with Gasteiger partial charge in [0.05, 0.1) is 0 Å². The normalized spacial score (nSPS) is 12.8. The van der Waals surface area contributed by atoms with Crippen LogP contribution in [0.5, 0.6) is 6.01 Å². The Balaban J connectivity index is 1.33. The number of pyridine rings is 1. The van der Waals surface area contributed by atoms with Crippen molar-refractivity contribution >= 4 is 5.82 Å². The molecule has 0 saturated carbocycles. The predicted molar refractivity (Wildman–Crippen MR) is 127 cm³/mol. The highest BCUT2D eigenvalue weighted by Crippen LogP contribution is 2.20. The van der Waals surface area contributed by atoms with E-state index in [1.807, 2.05) is 50.2 Å². The third-order valence-corrected chi connectivity index (χ3v) is 5.16. The van der Waals surface area contributed by atoms with E-state index in [1.165, 1.54) is 0 Å². The van der Waals surface area contributed by atoms with Crippen molar-refractivity contribution in [2.45, 2.75) is 46.2 Å². The second-order valence-corrected chi connectivity index (χ2v) is 8.05. The number of hydrogen-bond donors (Lipinski definition) is 3. The van der Waals surface area contributed by atoms with Gasteiger partial charge in [-0.1, -0.05) is 35.5 Å². The average molecular weight is 461 g/mol. The van der Waals surface area contributed by atoms with E-state index in [4.69, 9.17) is 9.26 Å². The maximum Gasteiger partial charge on any atom is 0.319 e. The van der Waals surface area contributed by atoms with Crippen molar-refractivity contribution in [1.82, 2.24) is 25.4 Å². The molecule has 176 valence electrons. The Morgan fingerprint density at radius 3 is 2.65 bits per heavy atom. The van der Waals surface area contributed by atoms with Crippen molar-refractivity contribution in [3.8, 4) is 6.01 Å². The molecule has 0 aliphatic carbocycles. The summed E-state index contributed by atoms with van der Waals surface area (Å²) < 4.78 is 11.0. The molecule has 1 aromatic carbocycles. The quantitative estimate of drug-likeness (QED) is 0.302. The molecule has 34 heavy (non-hydrogen) atoms. The van der Waals surface area contributed by atoms with E-state index < -0.39 is 6.23 Å². The molecule has 0 radical (unpaired) electrons. The molecular formula is C25H28N6O3. The lowest BCUT2D eigenvalue weighted by Gasteiger charge is -2.15. The minimum absolute atomic E-state index is 0.0743. The largest absolute Gasteiger partial charge is 0.455 e. The van der Waals surface area contributed by atoms with Gasteiger partial charge in [-0.15, -0.1) is 0 Å². The summed E-state index contributed by atoms with van der Waals surface area (Å²) in [5, 5.41) is 20.7. The highest BCUT2D eigenvalue weighted by atomic mass is 16.5. The molecule has 0 aliphatic rings. The summed E-state index contributed by atoms with van der Waals surface area (Å²) in [6.07, 6.45) is 0.762. The number of aliphatic hydroxyl groups excluding tert-OH is 1. The molecule has 0 saturated heterocycles. The fourth-order valence-corrected chi connectivity index (χ4v) is 3.42. The maximum absolute atomic E-state index is 10.4. The second-order valence-electron chi connectivity index (χ2n) is 8.05. The van der Waals surface area contributed by atoms with Gasteiger partial charge in [0, 0.05) is 42.3 Å². The van der Waals surface area contributed by atoms with Gasteiger partial charge in [-0.05, 0) is 44.0 Å². The molecule has 0 bridgehead atoms. The van der Waals surface area contributed by atoms with Crippen molar-refractivity contribution in [3.05, 3.63) is 94.8 Å². The van der Waals surface area contributed by atoms with Gasteiger partial charge in [-0.25, -0.2) is 4.98 Å².